The van der Waals surface area contributed by atoms with Gasteiger partial charge in [0.1, 0.15) is 0 Å². The smallest absolute Gasteiger partial charge is 0.231 e. The Morgan fingerprint density at radius 1 is 1.22 bits per heavy atom. The summed E-state index contributed by atoms with van der Waals surface area (Å²) in [4.78, 5) is 18.5. The normalized spacial score (nSPS) is 13.7. The fourth-order valence-corrected chi connectivity index (χ4v) is 2.70. The minimum atomic E-state index is -0.0622. The summed E-state index contributed by atoms with van der Waals surface area (Å²) in [7, 11) is 1.80. The second-order valence-corrected chi connectivity index (χ2v) is 5.60. The van der Waals surface area contributed by atoms with Gasteiger partial charge in [-0.3, -0.25) is 9.78 Å². The molecule has 1 aromatic carbocycles. The molecule has 23 heavy (non-hydrogen) atoms. The summed E-state index contributed by atoms with van der Waals surface area (Å²) in [6.07, 6.45) is 5.02. The van der Waals surface area contributed by atoms with E-state index in [1.807, 2.05) is 37.3 Å². The minimum absolute atomic E-state index is 0.0622. The molecule has 0 radical (unpaired) electrons. The van der Waals surface area contributed by atoms with E-state index in [1.165, 1.54) is 0 Å². The Hall–Kier alpha value is -2.56. The lowest BCUT2D eigenvalue weighted by Gasteiger charge is -2.23. The van der Waals surface area contributed by atoms with Gasteiger partial charge in [-0.2, -0.15) is 0 Å². The molecule has 0 N–H and O–H groups in total. The van der Waals surface area contributed by atoms with Crippen LogP contribution in [0.15, 0.2) is 42.7 Å². The van der Waals surface area contributed by atoms with E-state index in [0.29, 0.717) is 12.2 Å². The number of hydrogen-bond acceptors (Lipinski definition) is 4. The standard InChI is InChI=1S/C18H20N2O3/c1-3-14(10-13-6-8-19-9-7-13)18(21)20(2)15-4-5-16-17(11-15)23-12-22-16/h4-9,11,14H,3,10,12H2,1-2H3. The van der Waals surface area contributed by atoms with Gasteiger partial charge in [-0.15, -0.1) is 0 Å². The Kier molecular flexibility index (Phi) is 4.46. The van der Waals surface area contributed by atoms with E-state index in [4.69, 9.17) is 9.47 Å². The number of benzene rings is 1. The molecule has 1 aliphatic rings. The molecule has 1 aliphatic heterocycles. The van der Waals surface area contributed by atoms with Crippen LogP contribution in [0.1, 0.15) is 18.9 Å². The van der Waals surface area contributed by atoms with Crippen molar-refractivity contribution in [2.24, 2.45) is 5.92 Å². The molecule has 1 amide bonds. The van der Waals surface area contributed by atoms with Crippen molar-refractivity contribution in [2.45, 2.75) is 19.8 Å². The highest BCUT2D eigenvalue weighted by molar-refractivity contribution is 5.95. The third-order valence-corrected chi connectivity index (χ3v) is 4.15. The summed E-state index contributed by atoms with van der Waals surface area (Å²) in [5, 5.41) is 0. The van der Waals surface area contributed by atoms with Crippen molar-refractivity contribution in [1.29, 1.82) is 0 Å². The van der Waals surface area contributed by atoms with Gasteiger partial charge < -0.3 is 14.4 Å². The second-order valence-electron chi connectivity index (χ2n) is 5.60. The predicted octanol–water partition coefficient (Wildman–Crippen LogP) is 3.04. The van der Waals surface area contributed by atoms with Gasteiger partial charge in [0.05, 0.1) is 0 Å². The van der Waals surface area contributed by atoms with Crippen molar-refractivity contribution in [3.05, 3.63) is 48.3 Å². The first-order valence-corrected chi connectivity index (χ1v) is 7.75. The van der Waals surface area contributed by atoms with Crippen LogP contribution in [-0.2, 0) is 11.2 Å². The van der Waals surface area contributed by atoms with Gasteiger partial charge in [-0.1, -0.05) is 6.92 Å². The Morgan fingerprint density at radius 3 is 2.70 bits per heavy atom. The molecule has 1 aromatic heterocycles. The van der Waals surface area contributed by atoms with Crippen molar-refractivity contribution in [3.63, 3.8) is 0 Å². The number of pyridine rings is 1. The second kappa shape index (κ2) is 6.69. The van der Waals surface area contributed by atoms with Gasteiger partial charge in [0.2, 0.25) is 12.7 Å². The number of amides is 1. The van der Waals surface area contributed by atoms with E-state index in [1.54, 1.807) is 24.3 Å². The van der Waals surface area contributed by atoms with Gasteiger partial charge in [-0.25, -0.2) is 0 Å². The first-order chi connectivity index (χ1) is 11.2. The highest BCUT2D eigenvalue weighted by atomic mass is 16.7. The Bertz CT molecular complexity index is 688. The summed E-state index contributed by atoms with van der Waals surface area (Å²) in [5.74, 6) is 1.44. The average molecular weight is 312 g/mol. The fourth-order valence-electron chi connectivity index (χ4n) is 2.70. The molecule has 1 unspecified atom stereocenters. The number of anilines is 1. The van der Waals surface area contributed by atoms with Crippen LogP contribution in [0.2, 0.25) is 0 Å². The van der Waals surface area contributed by atoms with Gasteiger partial charge in [0.25, 0.3) is 0 Å². The zero-order valence-corrected chi connectivity index (χ0v) is 13.4. The molecule has 5 nitrogen and oxygen atoms in total. The van der Waals surface area contributed by atoms with Crippen LogP contribution in [0.4, 0.5) is 5.69 Å². The highest BCUT2D eigenvalue weighted by Crippen LogP contribution is 2.35. The van der Waals surface area contributed by atoms with Crippen molar-refractivity contribution >= 4 is 11.6 Å². The van der Waals surface area contributed by atoms with E-state index < -0.39 is 0 Å². The van der Waals surface area contributed by atoms with Crippen LogP contribution in [0.5, 0.6) is 11.5 Å². The maximum Gasteiger partial charge on any atom is 0.231 e. The zero-order chi connectivity index (χ0) is 16.2. The maximum atomic E-state index is 12.8. The summed E-state index contributed by atoms with van der Waals surface area (Å²) >= 11 is 0. The first kappa shape index (κ1) is 15.3. The third-order valence-electron chi connectivity index (χ3n) is 4.15. The molecular formula is C18H20N2O3. The van der Waals surface area contributed by atoms with Crippen LogP contribution in [0.25, 0.3) is 0 Å². The lowest BCUT2D eigenvalue weighted by molar-refractivity contribution is -0.122. The van der Waals surface area contributed by atoms with Crippen LogP contribution in [0.3, 0.4) is 0 Å². The molecule has 0 saturated carbocycles. The molecule has 0 bridgehead atoms. The van der Waals surface area contributed by atoms with Gasteiger partial charge in [0, 0.05) is 37.1 Å². The summed E-state index contributed by atoms with van der Waals surface area (Å²) < 4.78 is 10.7. The molecule has 2 aromatic rings. The number of rotatable bonds is 5. The summed E-state index contributed by atoms with van der Waals surface area (Å²) in [6, 6.07) is 9.47. The molecule has 2 heterocycles. The zero-order valence-electron chi connectivity index (χ0n) is 13.4. The van der Waals surface area contributed by atoms with Crippen LogP contribution in [0, 0.1) is 5.92 Å². The number of carbonyl (C=O) groups is 1. The Morgan fingerprint density at radius 2 is 1.96 bits per heavy atom. The van der Waals surface area contributed by atoms with Gasteiger partial charge >= 0.3 is 0 Å². The molecule has 120 valence electrons. The number of nitrogens with zero attached hydrogens (tertiary/aromatic N) is 2. The van der Waals surface area contributed by atoms with E-state index in [0.717, 1.165) is 23.4 Å². The molecule has 1 atom stereocenters. The predicted molar refractivity (Wildman–Crippen MR) is 87.7 cm³/mol. The van der Waals surface area contributed by atoms with Crippen LogP contribution < -0.4 is 14.4 Å². The molecule has 0 spiro atoms. The van der Waals surface area contributed by atoms with Gasteiger partial charge in [0.15, 0.2) is 11.5 Å². The van der Waals surface area contributed by atoms with Crippen molar-refractivity contribution in [1.82, 2.24) is 4.98 Å². The molecule has 0 aliphatic carbocycles. The lowest BCUT2D eigenvalue weighted by atomic mass is 9.96. The van der Waals surface area contributed by atoms with E-state index in [-0.39, 0.29) is 18.6 Å². The molecule has 3 rings (SSSR count). The minimum Gasteiger partial charge on any atom is -0.454 e. The van der Waals surface area contributed by atoms with E-state index in [9.17, 15) is 4.79 Å². The average Bonchev–Trinajstić information content (AvgIpc) is 3.07. The number of carbonyl (C=O) groups excluding carboxylic acids is 1. The highest BCUT2D eigenvalue weighted by Gasteiger charge is 2.23. The Balaban J connectivity index is 1.75. The topological polar surface area (TPSA) is 51.7 Å². The maximum absolute atomic E-state index is 12.8. The van der Waals surface area contributed by atoms with Crippen LogP contribution >= 0.6 is 0 Å². The summed E-state index contributed by atoms with van der Waals surface area (Å²) in [6.45, 7) is 2.27. The van der Waals surface area contributed by atoms with Crippen molar-refractivity contribution in [2.75, 3.05) is 18.7 Å². The monoisotopic (exact) mass is 312 g/mol. The molecule has 0 fully saturated rings. The Labute approximate surface area is 135 Å². The van der Waals surface area contributed by atoms with E-state index in [2.05, 4.69) is 4.98 Å². The molecular weight excluding hydrogens is 292 g/mol. The molecule has 5 heteroatoms. The van der Waals surface area contributed by atoms with Crippen molar-refractivity contribution < 1.29 is 14.3 Å². The van der Waals surface area contributed by atoms with E-state index >= 15 is 0 Å². The molecule has 0 saturated heterocycles. The van der Waals surface area contributed by atoms with Gasteiger partial charge in [-0.05, 0) is 42.7 Å². The quantitative estimate of drug-likeness (QED) is 0.851. The number of ether oxygens (including phenoxy) is 2. The van der Waals surface area contributed by atoms with Crippen molar-refractivity contribution in [3.8, 4) is 11.5 Å². The number of aromatic nitrogens is 1. The third kappa shape index (κ3) is 3.28. The first-order valence-electron chi connectivity index (χ1n) is 7.75. The number of hydrogen-bond donors (Lipinski definition) is 0. The largest absolute Gasteiger partial charge is 0.454 e. The number of fused-ring (bicyclic) bond motifs is 1. The lowest BCUT2D eigenvalue weighted by Crippen LogP contribution is -2.33. The summed E-state index contributed by atoms with van der Waals surface area (Å²) in [5.41, 5.74) is 1.94. The van der Waals surface area contributed by atoms with Crippen LogP contribution in [-0.4, -0.2) is 24.7 Å². The SMILES string of the molecule is CCC(Cc1ccncc1)C(=O)N(C)c1ccc2c(c1)OCO2. The fraction of sp³-hybridized carbons (Fsp3) is 0.333.